The van der Waals surface area contributed by atoms with Crippen LogP contribution in [0.15, 0.2) is 29.3 Å². The smallest absolute Gasteiger partial charge is 0.191 e. The first-order chi connectivity index (χ1) is 12.8. The molecule has 1 aromatic carbocycles. The van der Waals surface area contributed by atoms with E-state index in [0.717, 1.165) is 43.5 Å². The molecule has 1 aromatic heterocycles. The van der Waals surface area contributed by atoms with Crippen molar-refractivity contribution in [2.45, 2.75) is 72.0 Å². The van der Waals surface area contributed by atoms with Gasteiger partial charge in [0.25, 0.3) is 0 Å². The fourth-order valence-electron chi connectivity index (χ4n) is 3.35. The summed E-state index contributed by atoms with van der Waals surface area (Å²) in [5.41, 5.74) is 2.75. The van der Waals surface area contributed by atoms with E-state index in [9.17, 15) is 0 Å². The fourth-order valence-corrected chi connectivity index (χ4v) is 3.35. The number of aryl methyl sites for hydroxylation is 2. The van der Waals surface area contributed by atoms with Crippen molar-refractivity contribution < 1.29 is 0 Å². The Morgan fingerprint density at radius 1 is 1.26 bits per heavy atom. The molecule has 0 saturated heterocycles. The van der Waals surface area contributed by atoms with E-state index in [1.807, 2.05) is 11.6 Å². The first kappa shape index (κ1) is 19.4. The zero-order valence-electron chi connectivity index (χ0n) is 17.2. The number of hydrogen-bond acceptors (Lipinski definition) is 3. The van der Waals surface area contributed by atoms with Crippen molar-refractivity contribution >= 4 is 5.96 Å². The number of hydrogen-bond donors (Lipinski definition) is 2. The van der Waals surface area contributed by atoms with Crippen molar-refractivity contribution in [1.82, 2.24) is 25.4 Å². The Morgan fingerprint density at radius 2 is 2.00 bits per heavy atom. The van der Waals surface area contributed by atoms with Crippen molar-refractivity contribution in [1.29, 1.82) is 0 Å². The van der Waals surface area contributed by atoms with E-state index >= 15 is 0 Å². The molecular formula is C21H32N6. The van der Waals surface area contributed by atoms with Crippen LogP contribution in [-0.2, 0) is 24.9 Å². The molecule has 0 aliphatic carbocycles. The highest BCUT2D eigenvalue weighted by atomic mass is 15.4. The minimum Gasteiger partial charge on any atom is -0.357 e. The molecule has 146 valence electrons. The quantitative estimate of drug-likeness (QED) is 0.643. The third-order valence-electron chi connectivity index (χ3n) is 4.89. The van der Waals surface area contributed by atoms with Gasteiger partial charge in [-0.25, -0.2) is 14.7 Å². The monoisotopic (exact) mass is 368 g/mol. The summed E-state index contributed by atoms with van der Waals surface area (Å²) in [5.74, 6) is 2.80. The lowest BCUT2D eigenvalue weighted by Gasteiger charge is -2.25. The van der Waals surface area contributed by atoms with Crippen molar-refractivity contribution in [3.8, 4) is 0 Å². The summed E-state index contributed by atoms with van der Waals surface area (Å²) < 4.78 is 2.02. The van der Waals surface area contributed by atoms with E-state index in [-0.39, 0.29) is 5.41 Å². The van der Waals surface area contributed by atoms with E-state index < -0.39 is 0 Å². The van der Waals surface area contributed by atoms with Gasteiger partial charge in [0.2, 0.25) is 0 Å². The van der Waals surface area contributed by atoms with Crippen LogP contribution in [0, 0.1) is 6.92 Å². The van der Waals surface area contributed by atoms with E-state index in [1.165, 1.54) is 11.1 Å². The number of aliphatic imine (C=N–C) groups is 1. The highest BCUT2D eigenvalue weighted by molar-refractivity contribution is 5.80. The van der Waals surface area contributed by atoms with Crippen molar-refractivity contribution in [2.75, 3.05) is 6.54 Å². The van der Waals surface area contributed by atoms with E-state index in [0.29, 0.717) is 12.6 Å². The minimum atomic E-state index is 0.178. The van der Waals surface area contributed by atoms with Gasteiger partial charge < -0.3 is 10.6 Å². The summed E-state index contributed by atoms with van der Waals surface area (Å²) in [4.78, 5) is 9.26. The van der Waals surface area contributed by atoms with Crippen molar-refractivity contribution in [3.05, 3.63) is 47.0 Å². The standard InChI is InChI=1S/C21H32N6/c1-6-22-20(23-13-16-7-9-17(10-8-16)21(3,4)5)25-18-11-12-19-24-15(2)26-27(19)14-18/h7-10,18H,6,11-14H2,1-5H3,(H2,22,23,25). The third-order valence-corrected chi connectivity index (χ3v) is 4.89. The van der Waals surface area contributed by atoms with E-state index in [1.54, 1.807) is 0 Å². The maximum absolute atomic E-state index is 4.78. The Morgan fingerprint density at radius 3 is 2.67 bits per heavy atom. The molecule has 1 unspecified atom stereocenters. The lowest BCUT2D eigenvalue weighted by molar-refractivity contribution is 0.392. The van der Waals surface area contributed by atoms with Crippen LogP contribution in [0.1, 0.15) is 56.9 Å². The van der Waals surface area contributed by atoms with Crippen LogP contribution in [0.4, 0.5) is 0 Å². The molecule has 1 aliphatic heterocycles. The highest BCUT2D eigenvalue weighted by Crippen LogP contribution is 2.22. The molecule has 2 N–H and O–H groups in total. The van der Waals surface area contributed by atoms with Crippen LogP contribution in [0.3, 0.4) is 0 Å². The average Bonchev–Trinajstić information content (AvgIpc) is 2.99. The second kappa shape index (κ2) is 8.11. The van der Waals surface area contributed by atoms with Gasteiger partial charge >= 0.3 is 0 Å². The first-order valence-electron chi connectivity index (χ1n) is 9.89. The van der Waals surface area contributed by atoms with E-state index in [4.69, 9.17) is 4.99 Å². The molecule has 0 bridgehead atoms. The molecule has 2 heterocycles. The van der Waals surface area contributed by atoms with Crippen LogP contribution >= 0.6 is 0 Å². The molecule has 2 aromatic rings. The van der Waals surface area contributed by atoms with Gasteiger partial charge in [0.15, 0.2) is 5.96 Å². The normalized spacial score (nSPS) is 17.5. The number of guanidine groups is 1. The van der Waals surface area contributed by atoms with Gasteiger partial charge in [-0.15, -0.1) is 0 Å². The topological polar surface area (TPSA) is 67.1 Å². The molecule has 6 nitrogen and oxygen atoms in total. The summed E-state index contributed by atoms with van der Waals surface area (Å²) in [6.45, 7) is 13.1. The number of aromatic nitrogens is 3. The minimum absolute atomic E-state index is 0.178. The Kier molecular flexibility index (Phi) is 5.82. The highest BCUT2D eigenvalue weighted by Gasteiger charge is 2.21. The Labute approximate surface area is 162 Å². The Hall–Kier alpha value is -2.37. The largest absolute Gasteiger partial charge is 0.357 e. The van der Waals surface area contributed by atoms with Crippen LogP contribution in [0.25, 0.3) is 0 Å². The SMILES string of the molecule is CCNC(=NCc1ccc(C(C)(C)C)cc1)NC1CCc2nc(C)nn2C1. The summed E-state index contributed by atoms with van der Waals surface area (Å²) in [5, 5.41) is 11.4. The molecule has 1 aliphatic rings. The molecule has 0 fully saturated rings. The van der Waals surface area contributed by atoms with Gasteiger partial charge in [-0.3, -0.25) is 0 Å². The van der Waals surface area contributed by atoms with Crippen LogP contribution < -0.4 is 10.6 Å². The molecule has 6 heteroatoms. The maximum Gasteiger partial charge on any atom is 0.191 e. The summed E-state index contributed by atoms with van der Waals surface area (Å²) >= 11 is 0. The summed E-state index contributed by atoms with van der Waals surface area (Å²) in [7, 11) is 0. The predicted molar refractivity (Wildman–Crippen MR) is 110 cm³/mol. The Bertz CT molecular complexity index is 782. The van der Waals surface area contributed by atoms with E-state index in [2.05, 4.69) is 72.7 Å². The van der Waals surface area contributed by atoms with Gasteiger partial charge in [0, 0.05) is 19.0 Å². The molecule has 1 atom stereocenters. The fraction of sp³-hybridized carbons (Fsp3) is 0.571. The van der Waals surface area contributed by atoms with Gasteiger partial charge in [-0.2, -0.15) is 5.10 Å². The first-order valence-corrected chi connectivity index (χ1v) is 9.89. The number of fused-ring (bicyclic) bond motifs is 1. The van der Waals surface area contributed by atoms with Gasteiger partial charge in [-0.05, 0) is 36.8 Å². The molecule has 0 amide bonds. The molecule has 0 spiro atoms. The number of nitrogens with one attached hydrogen (secondary N) is 2. The predicted octanol–water partition coefficient (Wildman–Crippen LogP) is 2.95. The van der Waals surface area contributed by atoms with Gasteiger partial charge in [-0.1, -0.05) is 45.0 Å². The lowest BCUT2D eigenvalue weighted by Crippen LogP contribution is -2.47. The molecule has 3 rings (SSSR count). The van der Waals surface area contributed by atoms with Crippen LogP contribution in [0.5, 0.6) is 0 Å². The summed E-state index contributed by atoms with van der Waals surface area (Å²) in [6, 6.07) is 9.10. The van der Waals surface area contributed by atoms with Crippen molar-refractivity contribution in [2.24, 2.45) is 4.99 Å². The van der Waals surface area contributed by atoms with Crippen molar-refractivity contribution in [3.63, 3.8) is 0 Å². The van der Waals surface area contributed by atoms with Crippen LogP contribution in [-0.4, -0.2) is 33.3 Å². The van der Waals surface area contributed by atoms with Gasteiger partial charge in [0.1, 0.15) is 11.6 Å². The number of benzene rings is 1. The second-order valence-corrected chi connectivity index (χ2v) is 8.28. The Balaban J connectivity index is 1.63. The van der Waals surface area contributed by atoms with Crippen LogP contribution in [0.2, 0.25) is 0 Å². The zero-order chi connectivity index (χ0) is 19.4. The molecule has 27 heavy (non-hydrogen) atoms. The summed E-state index contributed by atoms with van der Waals surface area (Å²) in [6.07, 6.45) is 2.00. The lowest BCUT2D eigenvalue weighted by atomic mass is 9.87. The number of rotatable bonds is 4. The third kappa shape index (κ3) is 5.08. The van der Waals surface area contributed by atoms with Gasteiger partial charge in [0.05, 0.1) is 13.1 Å². The zero-order valence-corrected chi connectivity index (χ0v) is 17.2. The average molecular weight is 369 g/mol. The maximum atomic E-state index is 4.78. The number of nitrogens with zero attached hydrogens (tertiary/aromatic N) is 4. The molecular weight excluding hydrogens is 336 g/mol. The second-order valence-electron chi connectivity index (χ2n) is 8.28. The molecule has 0 radical (unpaired) electrons. The molecule has 0 saturated carbocycles.